The third-order valence-corrected chi connectivity index (χ3v) is 4.05. The Labute approximate surface area is 163 Å². The summed E-state index contributed by atoms with van der Waals surface area (Å²) in [6.45, 7) is 5.35. The van der Waals surface area contributed by atoms with Gasteiger partial charge in [0.05, 0.1) is 18.9 Å². The van der Waals surface area contributed by atoms with Gasteiger partial charge in [0.1, 0.15) is 5.75 Å². The summed E-state index contributed by atoms with van der Waals surface area (Å²) >= 11 is 6.01. The number of amides is 1. The number of carbonyl (C=O) groups is 2. The normalized spacial score (nSPS) is 11.9. The molecule has 0 aliphatic rings. The van der Waals surface area contributed by atoms with E-state index >= 15 is 0 Å². The number of halogens is 1. The molecule has 1 amide bonds. The Bertz CT molecular complexity index is 857. The Morgan fingerprint density at radius 3 is 2.44 bits per heavy atom. The summed E-state index contributed by atoms with van der Waals surface area (Å²) in [4.78, 5) is 24.0. The molecule has 27 heavy (non-hydrogen) atoms. The number of esters is 1. The predicted molar refractivity (Wildman–Crippen MR) is 105 cm³/mol. The van der Waals surface area contributed by atoms with Gasteiger partial charge in [0.15, 0.2) is 6.10 Å². The first-order chi connectivity index (χ1) is 12.8. The van der Waals surface area contributed by atoms with Crippen LogP contribution < -0.4 is 10.2 Å². The van der Waals surface area contributed by atoms with Crippen molar-refractivity contribution in [1.82, 2.24) is 5.43 Å². The van der Waals surface area contributed by atoms with Crippen molar-refractivity contribution in [2.24, 2.45) is 5.10 Å². The molecule has 2 rings (SSSR count). The number of hydrogen-bond donors (Lipinski definition) is 1. The van der Waals surface area contributed by atoms with Crippen LogP contribution in [0.5, 0.6) is 5.75 Å². The van der Waals surface area contributed by atoms with Gasteiger partial charge in [0.25, 0.3) is 5.91 Å². The van der Waals surface area contributed by atoms with Crippen molar-refractivity contribution >= 4 is 29.7 Å². The minimum absolute atomic E-state index is 0.356. The molecular weight excluding hydrogens is 368 g/mol. The van der Waals surface area contributed by atoms with Gasteiger partial charge in [-0.1, -0.05) is 29.8 Å². The number of aryl methyl sites for hydroxylation is 2. The lowest BCUT2D eigenvalue weighted by atomic mass is 10.1. The third-order valence-electron chi connectivity index (χ3n) is 3.83. The molecule has 7 heteroatoms. The van der Waals surface area contributed by atoms with Crippen molar-refractivity contribution in [3.63, 3.8) is 0 Å². The molecule has 142 valence electrons. The van der Waals surface area contributed by atoms with Crippen molar-refractivity contribution in [2.45, 2.75) is 26.9 Å². The molecule has 0 aliphatic heterocycles. The second kappa shape index (κ2) is 9.19. The van der Waals surface area contributed by atoms with Crippen LogP contribution in [0.3, 0.4) is 0 Å². The van der Waals surface area contributed by atoms with Crippen LogP contribution in [0, 0.1) is 13.8 Å². The van der Waals surface area contributed by atoms with Crippen LogP contribution in [0.1, 0.15) is 34.0 Å². The number of hydrazone groups is 1. The zero-order chi connectivity index (χ0) is 20.0. The van der Waals surface area contributed by atoms with Crippen LogP contribution in [0.15, 0.2) is 41.5 Å². The van der Waals surface area contributed by atoms with Gasteiger partial charge in [0.2, 0.25) is 0 Å². The Kier molecular flexibility index (Phi) is 6.96. The molecule has 0 saturated heterocycles. The van der Waals surface area contributed by atoms with E-state index in [1.54, 1.807) is 43.3 Å². The minimum atomic E-state index is -0.767. The van der Waals surface area contributed by atoms with Crippen molar-refractivity contribution < 1.29 is 19.1 Å². The molecule has 1 N–H and O–H groups in total. The second-order valence-corrected chi connectivity index (χ2v) is 6.38. The first-order valence-corrected chi connectivity index (χ1v) is 8.65. The van der Waals surface area contributed by atoms with Crippen molar-refractivity contribution in [2.75, 3.05) is 7.11 Å². The third kappa shape index (κ3) is 5.31. The number of benzene rings is 2. The van der Waals surface area contributed by atoms with E-state index in [2.05, 4.69) is 10.5 Å². The van der Waals surface area contributed by atoms with Gasteiger partial charge in [0, 0.05) is 10.6 Å². The van der Waals surface area contributed by atoms with Crippen LogP contribution in [0.25, 0.3) is 0 Å². The Morgan fingerprint density at radius 1 is 1.19 bits per heavy atom. The summed E-state index contributed by atoms with van der Waals surface area (Å²) in [5.41, 5.74) is 4.98. The first-order valence-electron chi connectivity index (χ1n) is 8.27. The van der Waals surface area contributed by atoms with E-state index in [9.17, 15) is 9.59 Å². The fourth-order valence-corrected chi connectivity index (χ4v) is 2.80. The minimum Gasteiger partial charge on any atom is -0.480 e. The molecule has 1 atom stereocenters. The largest absolute Gasteiger partial charge is 0.480 e. The number of nitrogens with zero attached hydrogens (tertiary/aromatic N) is 1. The molecule has 2 aromatic carbocycles. The molecule has 0 saturated carbocycles. The maximum atomic E-state index is 12.2. The molecule has 0 spiro atoms. The Balaban J connectivity index is 2.04. The molecule has 0 radical (unpaired) electrons. The molecule has 2 aromatic rings. The molecule has 0 bridgehead atoms. The SMILES string of the molecule is COC(=O)c1ccccc1/C=N\NC(=O)[C@H](C)Oc1c(C)cc(Cl)cc1C. The zero-order valence-electron chi connectivity index (χ0n) is 15.6. The highest BCUT2D eigenvalue weighted by Crippen LogP contribution is 2.27. The number of nitrogens with one attached hydrogen (secondary N) is 1. The smallest absolute Gasteiger partial charge is 0.338 e. The van der Waals surface area contributed by atoms with E-state index in [1.807, 2.05) is 13.8 Å². The number of ether oxygens (including phenoxy) is 2. The highest BCUT2D eigenvalue weighted by molar-refractivity contribution is 6.30. The monoisotopic (exact) mass is 388 g/mol. The van der Waals surface area contributed by atoms with Crippen LogP contribution >= 0.6 is 11.6 Å². The summed E-state index contributed by atoms with van der Waals surface area (Å²) in [6.07, 6.45) is 0.618. The van der Waals surface area contributed by atoms with Gasteiger partial charge in [-0.2, -0.15) is 5.10 Å². The molecule has 0 aliphatic carbocycles. The fourth-order valence-electron chi connectivity index (χ4n) is 2.48. The van der Waals surface area contributed by atoms with E-state index in [1.165, 1.54) is 13.3 Å². The lowest BCUT2D eigenvalue weighted by Gasteiger charge is -2.17. The highest BCUT2D eigenvalue weighted by Gasteiger charge is 2.17. The number of methoxy groups -OCH3 is 1. The molecule has 0 aromatic heterocycles. The number of rotatable bonds is 6. The summed E-state index contributed by atoms with van der Waals surface area (Å²) in [5, 5.41) is 4.52. The highest BCUT2D eigenvalue weighted by atomic mass is 35.5. The average molecular weight is 389 g/mol. The summed E-state index contributed by atoms with van der Waals surface area (Å²) in [6, 6.07) is 10.3. The average Bonchev–Trinajstić information content (AvgIpc) is 2.64. The molecular formula is C20H21ClN2O4. The van der Waals surface area contributed by atoms with Crippen molar-refractivity contribution in [3.05, 3.63) is 63.7 Å². The van der Waals surface area contributed by atoms with Gasteiger partial charge in [-0.3, -0.25) is 4.79 Å². The molecule has 0 unspecified atom stereocenters. The van der Waals surface area contributed by atoms with E-state index in [-0.39, 0.29) is 0 Å². The van der Waals surface area contributed by atoms with E-state index < -0.39 is 18.0 Å². The summed E-state index contributed by atoms with van der Waals surface area (Å²) < 4.78 is 10.5. The van der Waals surface area contributed by atoms with Crippen LogP contribution in [0.4, 0.5) is 0 Å². The lowest BCUT2D eigenvalue weighted by Crippen LogP contribution is -2.33. The fraction of sp³-hybridized carbons (Fsp3) is 0.250. The molecule has 0 heterocycles. The molecule has 0 fully saturated rings. The van der Waals surface area contributed by atoms with Gasteiger partial charge in [-0.15, -0.1) is 0 Å². The Morgan fingerprint density at radius 2 is 1.81 bits per heavy atom. The van der Waals surface area contributed by atoms with E-state index in [0.29, 0.717) is 21.9 Å². The van der Waals surface area contributed by atoms with Gasteiger partial charge < -0.3 is 9.47 Å². The Hall–Kier alpha value is -2.86. The first kappa shape index (κ1) is 20.5. The van der Waals surface area contributed by atoms with Crippen molar-refractivity contribution in [3.8, 4) is 5.75 Å². The van der Waals surface area contributed by atoms with Gasteiger partial charge in [-0.25, -0.2) is 10.2 Å². The van der Waals surface area contributed by atoms with E-state index in [0.717, 1.165) is 11.1 Å². The molecule has 6 nitrogen and oxygen atoms in total. The lowest BCUT2D eigenvalue weighted by molar-refractivity contribution is -0.127. The quantitative estimate of drug-likeness (QED) is 0.465. The maximum absolute atomic E-state index is 12.2. The van der Waals surface area contributed by atoms with Crippen LogP contribution in [-0.4, -0.2) is 31.3 Å². The van der Waals surface area contributed by atoms with Gasteiger partial charge in [-0.05, 0) is 50.1 Å². The number of hydrogen-bond acceptors (Lipinski definition) is 5. The topological polar surface area (TPSA) is 77.0 Å². The zero-order valence-corrected chi connectivity index (χ0v) is 16.3. The van der Waals surface area contributed by atoms with E-state index in [4.69, 9.17) is 21.1 Å². The summed E-state index contributed by atoms with van der Waals surface area (Å²) in [7, 11) is 1.30. The maximum Gasteiger partial charge on any atom is 0.338 e. The predicted octanol–water partition coefficient (Wildman–Crippen LogP) is 3.66. The van der Waals surface area contributed by atoms with Crippen LogP contribution in [-0.2, 0) is 9.53 Å². The standard InChI is InChI=1S/C20H21ClN2O4/c1-12-9-16(21)10-13(2)18(12)27-14(3)19(24)23-22-11-15-7-5-6-8-17(15)20(25)26-4/h5-11,14H,1-4H3,(H,23,24)/b22-11-/t14-/m0/s1. The van der Waals surface area contributed by atoms with Crippen molar-refractivity contribution in [1.29, 1.82) is 0 Å². The number of carbonyl (C=O) groups excluding carboxylic acids is 2. The summed E-state index contributed by atoms with van der Waals surface area (Å²) in [5.74, 6) is -0.286. The van der Waals surface area contributed by atoms with Crippen LogP contribution in [0.2, 0.25) is 5.02 Å². The second-order valence-electron chi connectivity index (χ2n) is 5.94. The van der Waals surface area contributed by atoms with Gasteiger partial charge >= 0.3 is 5.97 Å².